The van der Waals surface area contributed by atoms with Crippen LogP contribution in [-0.4, -0.2) is 40.2 Å². The molecule has 0 spiro atoms. The molecule has 2 amide bonds. The Hall–Kier alpha value is -2.57. The number of aromatic nitrogens is 2. The number of hydrogen-bond acceptors (Lipinski definition) is 5. The Bertz CT molecular complexity index is 706. The van der Waals surface area contributed by atoms with Gasteiger partial charge in [-0.3, -0.25) is 0 Å². The lowest BCUT2D eigenvalue weighted by atomic mass is 10.1. The summed E-state index contributed by atoms with van der Waals surface area (Å²) in [6, 6.07) is 7.64. The molecule has 1 heterocycles. The van der Waals surface area contributed by atoms with Crippen LogP contribution in [0, 0.1) is 6.92 Å². The zero-order valence-corrected chi connectivity index (χ0v) is 15.5. The first kappa shape index (κ1) is 18.8. The van der Waals surface area contributed by atoms with E-state index in [0.29, 0.717) is 24.7 Å². The lowest BCUT2D eigenvalue weighted by Gasteiger charge is -2.25. The molecule has 0 fully saturated rings. The molecular weight excluding hydrogens is 320 g/mol. The molecule has 136 valence electrons. The third kappa shape index (κ3) is 6.45. The molecule has 0 aliphatic carbocycles. The number of aryl methyl sites for hydroxylation is 1. The second kappa shape index (κ2) is 8.00. The van der Waals surface area contributed by atoms with Crippen LogP contribution in [-0.2, 0) is 13.0 Å². The van der Waals surface area contributed by atoms with E-state index >= 15 is 0 Å². The van der Waals surface area contributed by atoms with Gasteiger partial charge in [-0.2, -0.15) is 4.98 Å². The topological polar surface area (TPSA) is 80.5 Å². The molecule has 25 heavy (non-hydrogen) atoms. The Morgan fingerprint density at radius 1 is 1.36 bits per heavy atom. The van der Waals surface area contributed by atoms with Gasteiger partial charge in [0.05, 0.1) is 0 Å². The van der Waals surface area contributed by atoms with E-state index in [9.17, 15) is 4.79 Å². The van der Waals surface area contributed by atoms with Crippen LogP contribution < -0.4 is 10.1 Å². The van der Waals surface area contributed by atoms with E-state index in [2.05, 4.69) is 15.5 Å². The molecule has 0 saturated heterocycles. The summed E-state index contributed by atoms with van der Waals surface area (Å²) < 4.78 is 10.8. The van der Waals surface area contributed by atoms with Gasteiger partial charge >= 0.3 is 6.03 Å². The molecule has 0 radical (unpaired) electrons. The average Bonchev–Trinajstić information content (AvgIpc) is 2.97. The standard InChI is InChI=1S/C18H26N4O3/c1-13-7-6-8-14(11-13)24-12-16-19-15(21-25-16)9-10-22(5)17(23)20-18(2,3)4/h6-8,11H,9-10,12H2,1-5H3,(H,20,23). The first-order valence-corrected chi connectivity index (χ1v) is 8.27. The van der Waals surface area contributed by atoms with Gasteiger partial charge in [0.25, 0.3) is 5.89 Å². The van der Waals surface area contributed by atoms with Gasteiger partial charge in [-0.1, -0.05) is 17.3 Å². The van der Waals surface area contributed by atoms with Crippen LogP contribution in [0.15, 0.2) is 28.8 Å². The lowest BCUT2D eigenvalue weighted by molar-refractivity contribution is 0.199. The summed E-state index contributed by atoms with van der Waals surface area (Å²) in [5.41, 5.74) is 0.859. The number of urea groups is 1. The molecule has 0 saturated carbocycles. The predicted octanol–water partition coefficient (Wildman–Crippen LogP) is 2.94. The van der Waals surface area contributed by atoms with Crippen molar-refractivity contribution in [2.24, 2.45) is 0 Å². The van der Waals surface area contributed by atoms with Crippen molar-refractivity contribution in [3.8, 4) is 5.75 Å². The van der Waals surface area contributed by atoms with Gasteiger partial charge in [-0.25, -0.2) is 4.79 Å². The third-order valence-electron chi connectivity index (χ3n) is 3.36. The van der Waals surface area contributed by atoms with Gasteiger partial charge in [0.1, 0.15) is 5.75 Å². The van der Waals surface area contributed by atoms with Gasteiger partial charge in [0, 0.05) is 25.6 Å². The minimum atomic E-state index is -0.266. The predicted molar refractivity (Wildman–Crippen MR) is 94.4 cm³/mol. The van der Waals surface area contributed by atoms with Crippen LogP contribution in [0.25, 0.3) is 0 Å². The normalized spacial score (nSPS) is 11.2. The minimum Gasteiger partial charge on any atom is -0.484 e. The molecule has 1 N–H and O–H groups in total. The number of nitrogens with zero attached hydrogens (tertiary/aromatic N) is 3. The van der Waals surface area contributed by atoms with Gasteiger partial charge < -0.3 is 19.5 Å². The van der Waals surface area contributed by atoms with E-state index < -0.39 is 0 Å². The van der Waals surface area contributed by atoms with E-state index in [-0.39, 0.29) is 18.2 Å². The smallest absolute Gasteiger partial charge is 0.317 e. The summed E-state index contributed by atoms with van der Waals surface area (Å²) in [6.45, 7) is 8.55. The summed E-state index contributed by atoms with van der Waals surface area (Å²) in [4.78, 5) is 17.9. The maximum Gasteiger partial charge on any atom is 0.317 e. The SMILES string of the molecule is Cc1cccc(OCc2nc(CCN(C)C(=O)NC(C)(C)C)no2)c1. The summed E-state index contributed by atoms with van der Waals surface area (Å²) in [5.74, 6) is 1.73. The van der Waals surface area contributed by atoms with Gasteiger partial charge in [0.2, 0.25) is 0 Å². The van der Waals surface area contributed by atoms with Gasteiger partial charge in [0.15, 0.2) is 12.4 Å². The van der Waals surface area contributed by atoms with Gasteiger partial charge in [-0.15, -0.1) is 0 Å². The van der Waals surface area contributed by atoms with Crippen molar-refractivity contribution in [3.05, 3.63) is 41.5 Å². The zero-order valence-electron chi connectivity index (χ0n) is 15.5. The number of ether oxygens (including phenoxy) is 1. The highest BCUT2D eigenvalue weighted by Crippen LogP contribution is 2.14. The maximum absolute atomic E-state index is 12.0. The van der Waals surface area contributed by atoms with Crippen molar-refractivity contribution in [1.29, 1.82) is 0 Å². The van der Waals surface area contributed by atoms with Crippen molar-refractivity contribution in [1.82, 2.24) is 20.4 Å². The first-order chi connectivity index (χ1) is 11.7. The largest absolute Gasteiger partial charge is 0.484 e. The zero-order chi connectivity index (χ0) is 18.4. The lowest BCUT2D eigenvalue weighted by Crippen LogP contribution is -2.47. The molecule has 0 bridgehead atoms. The van der Waals surface area contributed by atoms with E-state index in [4.69, 9.17) is 9.26 Å². The number of rotatable bonds is 6. The quantitative estimate of drug-likeness (QED) is 0.870. The second-order valence-electron chi connectivity index (χ2n) is 7.06. The van der Waals surface area contributed by atoms with Gasteiger partial charge in [-0.05, 0) is 45.4 Å². The number of carbonyl (C=O) groups is 1. The Labute approximate surface area is 148 Å². The molecule has 1 aromatic carbocycles. The summed E-state index contributed by atoms with van der Waals surface area (Å²) >= 11 is 0. The number of amides is 2. The van der Waals surface area contributed by atoms with E-state index in [1.807, 2.05) is 52.0 Å². The molecule has 2 aromatic rings. The fourth-order valence-corrected chi connectivity index (χ4v) is 2.09. The van der Waals surface area contributed by atoms with E-state index in [1.54, 1.807) is 11.9 Å². The molecule has 0 atom stereocenters. The fraction of sp³-hybridized carbons (Fsp3) is 0.500. The highest BCUT2D eigenvalue weighted by atomic mass is 16.5. The van der Waals surface area contributed by atoms with Crippen molar-refractivity contribution in [3.63, 3.8) is 0 Å². The van der Waals surface area contributed by atoms with E-state index in [1.165, 1.54) is 0 Å². The van der Waals surface area contributed by atoms with Crippen LogP contribution in [0.2, 0.25) is 0 Å². The first-order valence-electron chi connectivity index (χ1n) is 8.27. The third-order valence-corrected chi connectivity index (χ3v) is 3.36. The van der Waals surface area contributed by atoms with E-state index in [0.717, 1.165) is 11.3 Å². The molecule has 0 aliphatic rings. The number of nitrogens with one attached hydrogen (secondary N) is 1. The molecule has 2 rings (SSSR count). The highest BCUT2D eigenvalue weighted by molar-refractivity contribution is 5.74. The summed E-state index contributed by atoms with van der Waals surface area (Å²) in [5, 5.41) is 6.83. The second-order valence-corrected chi connectivity index (χ2v) is 7.06. The number of benzene rings is 1. The molecule has 0 aliphatic heterocycles. The summed E-state index contributed by atoms with van der Waals surface area (Å²) in [6.07, 6.45) is 0.516. The molecule has 0 unspecified atom stereocenters. The number of carbonyl (C=O) groups excluding carboxylic acids is 1. The Morgan fingerprint density at radius 2 is 2.12 bits per heavy atom. The number of hydrogen-bond donors (Lipinski definition) is 1. The maximum atomic E-state index is 12.0. The van der Waals surface area contributed by atoms with Crippen molar-refractivity contribution in [2.75, 3.05) is 13.6 Å². The molecule has 7 heteroatoms. The minimum absolute atomic E-state index is 0.126. The monoisotopic (exact) mass is 346 g/mol. The molecular formula is C18H26N4O3. The Morgan fingerprint density at radius 3 is 2.80 bits per heavy atom. The van der Waals surface area contributed by atoms with Crippen LogP contribution in [0.4, 0.5) is 4.79 Å². The molecule has 7 nitrogen and oxygen atoms in total. The number of likely N-dealkylation sites (N-methyl/N-ethyl adjacent to an activating group) is 1. The Balaban J connectivity index is 1.80. The average molecular weight is 346 g/mol. The van der Waals surface area contributed by atoms with Crippen molar-refractivity contribution < 1.29 is 14.1 Å². The van der Waals surface area contributed by atoms with Crippen LogP contribution >= 0.6 is 0 Å². The van der Waals surface area contributed by atoms with Crippen LogP contribution in [0.5, 0.6) is 5.75 Å². The molecule has 1 aromatic heterocycles. The van der Waals surface area contributed by atoms with Crippen LogP contribution in [0.1, 0.15) is 38.0 Å². The Kier molecular flexibility index (Phi) is 6.01. The summed E-state index contributed by atoms with van der Waals surface area (Å²) in [7, 11) is 1.74. The fourth-order valence-electron chi connectivity index (χ4n) is 2.09. The van der Waals surface area contributed by atoms with Crippen molar-refractivity contribution >= 4 is 6.03 Å². The van der Waals surface area contributed by atoms with Crippen LogP contribution in [0.3, 0.4) is 0 Å². The highest BCUT2D eigenvalue weighted by Gasteiger charge is 2.17. The van der Waals surface area contributed by atoms with Crippen molar-refractivity contribution in [2.45, 2.75) is 46.3 Å².